The molecule has 0 saturated carbocycles. The summed E-state index contributed by atoms with van der Waals surface area (Å²) in [4.78, 5) is 2.48. The van der Waals surface area contributed by atoms with Crippen LogP contribution in [-0.2, 0) is 0 Å². The van der Waals surface area contributed by atoms with E-state index >= 15 is 0 Å². The highest BCUT2D eigenvalue weighted by atomic mass is 15.2. The van der Waals surface area contributed by atoms with Crippen LogP contribution in [0.15, 0.2) is 0 Å². The first-order chi connectivity index (χ1) is 4.80. The van der Waals surface area contributed by atoms with E-state index in [1.165, 1.54) is 25.9 Å². The summed E-state index contributed by atoms with van der Waals surface area (Å²) in [5, 5.41) is 3.40. The first kappa shape index (κ1) is 8.02. The van der Waals surface area contributed by atoms with Gasteiger partial charge in [0.25, 0.3) is 0 Å². The first-order valence-corrected chi connectivity index (χ1v) is 4.25. The van der Waals surface area contributed by atoms with Crippen molar-refractivity contribution >= 4 is 0 Å². The zero-order valence-corrected chi connectivity index (χ0v) is 7.06. The predicted octanol–water partition coefficient (Wildman–Crippen LogP) is 1.04. The van der Waals surface area contributed by atoms with Gasteiger partial charge in [0.15, 0.2) is 0 Å². The quantitative estimate of drug-likeness (QED) is 0.588. The van der Waals surface area contributed by atoms with Crippen LogP contribution < -0.4 is 5.32 Å². The van der Waals surface area contributed by atoms with Crippen LogP contribution in [0.2, 0.25) is 0 Å². The average molecular weight is 142 g/mol. The highest BCUT2D eigenvalue weighted by Crippen LogP contribution is 2.02. The minimum atomic E-state index is 0.700. The van der Waals surface area contributed by atoms with Crippen LogP contribution in [0.3, 0.4) is 0 Å². The molecule has 0 aromatic carbocycles. The fourth-order valence-electron chi connectivity index (χ4n) is 1.31. The van der Waals surface area contributed by atoms with Crippen molar-refractivity contribution in [2.45, 2.75) is 32.7 Å². The van der Waals surface area contributed by atoms with Gasteiger partial charge in [-0.05, 0) is 39.8 Å². The molecular weight excluding hydrogens is 124 g/mol. The maximum Gasteiger partial charge on any atom is 0.0482 e. The molecule has 0 unspecified atom stereocenters. The van der Waals surface area contributed by atoms with Crippen molar-refractivity contribution in [2.75, 3.05) is 19.8 Å². The summed E-state index contributed by atoms with van der Waals surface area (Å²) in [6, 6.07) is 0.700. The Hall–Kier alpha value is -0.0800. The van der Waals surface area contributed by atoms with Crippen LogP contribution in [0.4, 0.5) is 0 Å². The molecule has 0 amide bonds. The lowest BCUT2D eigenvalue weighted by Gasteiger charge is -2.23. The summed E-state index contributed by atoms with van der Waals surface area (Å²) >= 11 is 0. The highest BCUT2D eigenvalue weighted by Gasteiger charge is 2.10. The molecule has 1 fully saturated rings. The second kappa shape index (κ2) is 3.94. The Bertz CT molecular complexity index is 83.3. The fraction of sp³-hybridized carbons (Fsp3) is 1.00. The zero-order chi connectivity index (χ0) is 7.40. The molecule has 0 aromatic heterocycles. The third kappa shape index (κ3) is 2.27. The smallest absolute Gasteiger partial charge is 0.0482 e. The SMILES string of the molecule is CC(C)N1CCCCNC1. The van der Waals surface area contributed by atoms with Crippen molar-refractivity contribution < 1.29 is 0 Å². The first-order valence-electron chi connectivity index (χ1n) is 4.25. The van der Waals surface area contributed by atoms with E-state index in [-0.39, 0.29) is 0 Å². The summed E-state index contributed by atoms with van der Waals surface area (Å²) < 4.78 is 0. The van der Waals surface area contributed by atoms with Gasteiger partial charge in [0, 0.05) is 12.7 Å². The van der Waals surface area contributed by atoms with Gasteiger partial charge in [-0.1, -0.05) is 0 Å². The highest BCUT2D eigenvalue weighted by molar-refractivity contribution is 4.65. The van der Waals surface area contributed by atoms with E-state index in [9.17, 15) is 0 Å². The number of rotatable bonds is 1. The molecule has 2 nitrogen and oxygen atoms in total. The van der Waals surface area contributed by atoms with Crippen molar-refractivity contribution in [1.82, 2.24) is 10.2 Å². The standard InChI is InChI=1S/C8H18N2/c1-8(2)10-6-4-3-5-9-7-10/h8-9H,3-7H2,1-2H3. The van der Waals surface area contributed by atoms with Crippen LogP contribution in [-0.4, -0.2) is 30.7 Å². The lowest BCUT2D eigenvalue weighted by atomic mass is 10.3. The van der Waals surface area contributed by atoms with Gasteiger partial charge in [-0.25, -0.2) is 0 Å². The van der Waals surface area contributed by atoms with Crippen molar-refractivity contribution in [1.29, 1.82) is 0 Å². The molecule has 1 rings (SSSR count). The minimum absolute atomic E-state index is 0.700. The topological polar surface area (TPSA) is 15.3 Å². The van der Waals surface area contributed by atoms with Gasteiger partial charge in [0.2, 0.25) is 0 Å². The van der Waals surface area contributed by atoms with E-state index < -0.39 is 0 Å². The van der Waals surface area contributed by atoms with E-state index in [0.717, 1.165) is 6.67 Å². The van der Waals surface area contributed by atoms with Crippen molar-refractivity contribution in [2.24, 2.45) is 0 Å². The normalized spacial score (nSPS) is 23.1. The molecular formula is C8H18N2. The van der Waals surface area contributed by atoms with Gasteiger partial charge in [-0.3, -0.25) is 4.90 Å². The Morgan fingerprint density at radius 1 is 1.30 bits per heavy atom. The van der Waals surface area contributed by atoms with Gasteiger partial charge < -0.3 is 5.32 Å². The molecule has 1 saturated heterocycles. The van der Waals surface area contributed by atoms with Crippen LogP contribution in [0, 0.1) is 0 Å². The molecule has 0 spiro atoms. The van der Waals surface area contributed by atoms with Crippen LogP contribution in [0.5, 0.6) is 0 Å². The second-order valence-electron chi connectivity index (χ2n) is 3.27. The molecule has 60 valence electrons. The largest absolute Gasteiger partial charge is 0.304 e. The lowest BCUT2D eigenvalue weighted by molar-refractivity contribution is 0.220. The molecule has 0 radical (unpaired) electrons. The Morgan fingerprint density at radius 2 is 2.10 bits per heavy atom. The molecule has 2 heteroatoms. The molecule has 0 aromatic rings. The molecule has 0 bridgehead atoms. The molecule has 1 heterocycles. The van der Waals surface area contributed by atoms with Gasteiger partial charge >= 0.3 is 0 Å². The van der Waals surface area contributed by atoms with Crippen molar-refractivity contribution in [3.63, 3.8) is 0 Å². The maximum absolute atomic E-state index is 3.40. The Kier molecular flexibility index (Phi) is 3.16. The summed E-state index contributed by atoms with van der Waals surface area (Å²) in [6.07, 6.45) is 2.69. The molecule has 1 aliphatic heterocycles. The van der Waals surface area contributed by atoms with Gasteiger partial charge in [-0.2, -0.15) is 0 Å². The van der Waals surface area contributed by atoms with E-state index in [1.54, 1.807) is 0 Å². The summed E-state index contributed by atoms with van der Waals surface area (Å²) in [5.74, 6) is 0. The Balaban J connectivity index is 2.28. The number of hydrogen-bond donors (Lipinski definition) is 1. The molecule has 1 N–H and O–H groups in total. The van der Waals surface area contributed by atoms with Gasteiger partial charge in [-0.15, -0.1) is 0 Å². The van der Waals surface area contributed by atoms with E-state index in [1.807, 2.05) is 0 Å². The summed E-state index contributed by atoms with van der Waals surface area (Å²) in [7, 11) is 0. The number of nitrogens with zero attached hydrogens (tertiary/aromatic N) is 1. The van der Waals surface area contributed by atoms with Crippen molar-refractivity contribution in [3.05, 3.63) is 0 Å². The van der Waals surface area contributed by atoms with Crippen molar-refractivity contribution in [3.8, 4) is 0 Å². The molecule has 1 aliphatic rings. The second-order valence-corrected chi connectivity index (χ2v) is 3.27. The molecule has 10 heavy (non-hydrogen) atoms. The maximum atomic E-state index is 3.40. The summed E-state index contributed by atoms with van der Waals surface area (Å²) in [5.41, 5.74) is 0. The van der Waals surface area contributed by atoms with E-state index in [4.69, 9.17) is 0 Å². The van der Waals surface area contributed by atoms with Crippen LogP contribution in [0.1, 0.15) is 26.7 Å². The van der Waals surface area contributed by atoms with Gasteiger partial charge in [0.1, 0.15) is 0 Å². The van der Waals surface area contributed by atoms with E-state index in [0.29, 0.717) is 6.04 Å². The monoisotopic (exact) mass is 142 g/mol. The molecule has 0 atom stereocenters. The Morgan fingerprint density at radius 3 is 2.80 bits per heavy atom. The zero-order valence-electron chi connectivity index (χ0n) is 7.06. The van der Waals surface area contributed by atoms with Gasteiger partial charge in [0.05, 0.1) is 0 Å². The third-order valence-corrected chi connectivity index (χ3v) is 2.09. The number of nitrogens with one attached hydrogen (secondary N) is 1. The summed E-state index contributed by atoms with van der Waals surface area (Å²) in [6.45, 7) is 8.06. The minimum Gasteiger partial charge on any atom is -0.304 e. The Labute approximate surface area is 63.6 Å². The molecule has 0 aliphatic carbocycles. The predicted molar refractivity (Wildman–Crippen MR) is 43.9 cm³/mol. The average Bonchev–Trinajstić information content (AvgIpc) is 2.12. The fourth-order valence-corrected chi connectivity index (χ4v) is 1.31. The van der Waals surface area contributed by atoms with Crippen LogP contribution >= 0.6 is 0 Å². The lowest BCUT2D eigenvalue weighted by Crippen LogP contribution is -2.37. The van der Waals surface area contributed by atoms with E-state index in [2.05, 4.69) is 24.1 Å². The third-order valence-electron chi connectivity index (χ3n) is 2.09. The number of hydrogen-bond acceptors (Lipinski definition) is 2. The van der Waals surface area contributed by atoms with Crippen LogP contribution in [0.25, 0.3) is 0 Å².